The Labute approximate surface area is 175 Å². The van der Waals surface area contributed by atoms with Crippen molar-refractivity contribution in [2.75, 3.05) is 50.9 Å². The quantitative estimate of drug-likeness (QED) is 0.720. The number of benzene rings is 1. The van der Waals surface area contributed by atoms with Gasteiger partial charge in [-0.25, -0.2) is 9.18 Å². The van der Waals surface area contributed by atoms with Crippen LogP contribution in [0.4, 0.5) is 20.6 Å². The molecule has 0 spiro atoms. The third-order valence-electron chi connectivity index (χ3n) is 4.76. The van der Waals surface area contributed by atoms with Gasteiger partial charge in [-0.05, 0) is 18.2 Å². The third-order valence-corrected chi connectivity index (χ3v) is 6.70. The number of nitrogens with one attached hydrogen (secondary N) is 2. The van der Waals surface area contributed by atoms with Crippen LogP contribution in [0.25, 0.3) is 0 Å². The van der Waals surface area contributed by atoms with Crippen molar-refractivity contribution < 1.29 is 17.6 Å². The van der Waals surface area contributed by atoms with Gasteiger partial charge in [-0.2, -0.15) is 17.0 Å². The topological polar surface area (TPSA) is 97.9 Å². The lowest BCUT2D eigenvalue weighted by molar-refractivity contribution is 0.175. The second kappa shape index (κ2) is 9.47. The fourth-order valence-electron chi connectivity index (χ4n) is 3.11. The van der Waals surface area contributed by atoms with Crippen LogP contribution >= 0.6 is 0 Å². The van der Waals surface area contributed by atoms with Crippen LogP contribution in [-0.2, 0) is 16.8 Å². The molecule has 2 aromatic rings. The van der Waals surface area contributed by atoms with Crippen LogP contribution in [0.15, 0.2) is 42.7 Å². The molecule has 2 heterocycles. The molecule has 0 saturated carbocycles. The van der Waals surface area contributed by atoms with Crippen LogP contribution in [0.1, 0.15) is 5.56 Å². The molecular weight excluding hydrogens is 411 g/mol. The van der Waals surface area contributed by atoms with Gasteiger partial charge >= 0.3 is 6.03 Å². The Bertz CT molecular complexity index is 979. The van der Waals surface area contributed by atoms with Gasteiger partial charge in [0.1, 0.15) is 0 Å². The molecule has 0 aliphatic carbocycles. The number of hydrogen-bond donors (Lipinski definition) is 2. The molecule has 0 bridgehead atoms. The van der Waals surface area contributed by atoms with E-state index in [-0.39, 0.29) is 5.69 Å². The van der Waals surface area contributed by atoms with E-state index in [2.05, 4.69) is 15.6 Å². The van der Waals surface area contributed by atoms with Crippen LogP contribution in [0, 0.1) is 5.82 Å². The van der Waals surface area contributed by atoms with Crippen LogP contribution in [-0.4, -0.2) is 73.2 Å². The zero-order chi connectivity index (χ0) is 21.7. The van der Waals surface area contributed by atoms with Crippen molar-refractivity contribution in [3.05, 3.63) is 54.1 Å². The summed E-state index contributed by atoms with van der Waals surface area (Å²) in [7, 11) is -0.443. The molecule has 1 fully saturated rings. The first-order chi connectivity index (χ1) is 14.3. The molecule has 11 heteroatoms. The van der Waals surface area contributed by atoms with Gasteiger partial charge in [0.05, 0.1) is 17.6 Å². The maximum atomic E-state index is 14.9. The number of halogens is 1. The minimum absolute atomic E-state index is 0.0720. The Balaban J connectivity index is 1.60. The van der Waals surface area contributed by atoms with Crippen molar-refractivity contribution in [3.63, 3.8) is 0 Å². The van der Waals surface area contributed by atoms with E-state index in [1.165, 1.54) is 35.0 Å². The van der Waals surface area contributed by atoms with Crippen LogP contribution < -0.4 is 10.6 Å². The summed E-state index contributed by atoms with van der Waals surface area (Å²) >= 11 is 0. The van der Waals surface area contributed by atoms with E-state index in [4.69, 9.17) is 0 Å². The molecule has 0 radical (unpaired) electrons. The summed E-state index contributed by atoms with van der Waals surface area (Å²) in [6, 6.07) is 7.61. The lowest BCUT2D eigenvalue weighted by Gasteiger charge is -2.35. The number of nitrogens with zero attached hydrogens (tertiary/aromatic N) is 4. The maximum absolute atomic E-state index is 14.9. The van der Waals surface area contributed by atoms with E-state index in [1.54, 1.807) is 30.5 Å². The number of hydrogen-bond acceptors (Lipinski definition) is 5. The largest absolute Gasteiger partial charge is 0.323 e. The van der Waals surface area contributed by atoms with Crippen molar-refractivity contribution >= 4 is 27.6 Å². The minimum Gasteiger partial charge on any atom is -0.306 e. The van der Waals surface area contributed by atoms with E-state index in [1.807, 2.05) is 4.90 Å². The standard InChI is InChI=1S/C19H25FN6O3S/c1-24(2)30(28,29)26-11-9-25(10-12-26)14-15-5-3-7-17(18(15)20)23-19(27)22-16-6-4-8-21-13-16/h3-8,13H,9-12,14H2,1-2H3,(H2,22,23,27). The Morgan fingerprint density at radius 1 is 1.13 bits per heavy atom. The molecular formula is C19H25FN6O3S. The summed E-state index contributed by atoms with van der Waals surface area (Å²) in [6.07, 6.45) is 3.07. The van der Waals surface area contributed by atoms with Crippen molar-refractivity contribution in [3.8, 4) is 0 Å². The van der Waals surface area contributed by atoms with Crippen LogP contribution in [0.3, 0.4) is 0 Å². The number of urea groups is 1. The molecule has 1 saturated heterocycles. The third kappa shape index (κ3) is 5.30. The summed E-state index contributed by atoms with van der Waals surface area (Å²) < 4.78 is 41.9. The zero-order valence-electron chi connectivity index (χ0n) is 16.9. The average molecular weight is 437 g/mol. The fraction of sp³-hybridized carbons (Fsp3) is 0.368. The van der Waals surface area contributed by atoms with Crippen molar-refractivity contribution in [2.45, 2.75) is 6.54 Å². The average Bonchev–Trinajstić information content (AvgIpc) is 2.72. The second-order valence-corrected chi connectivity index (χ2v) is 9.21. The molecule has 0 unspecified atom stereocenters. The summed E-state index contributed by atoms with van der Waals surface area (Å²) in [5, 5.41) is 5.10. The van der Waals surface area contributed by atoms with Gasteiger partial charge in [0.15, 0.2) is 5.82 Å². The Morgan fingerprint density at radius 3 is 2.50 bits per heavy atom. The van der Waals surface area contributed by atoms with E-state index < -0.39 is 22.1 Å². The van der Waals surface area contributed by atoms with Gasteiger partial charge in [0, 0.05) is 58.6 Å². The van der Waals surface area contributed by atoms with Gasteiger partial charge in [-0.1, -0.05) is 12.1 Å². The SMILES string of the molecule is CN(C)S(=O)(=O)N1CCN(Cc2cccc(NC(=O)Nc3cccnc3)c2F)CC1. The Hall–Kier alpha value is -2.60. The molecule has 1 aromatic heterocycles. The highest BCUT2D eigenvalue weighted by atomic mass is 32.2. The summed E-state index contributed by atoms with van der Waals surface area (Å²) in [6.45, 7) is 1.99. The highest BCUT2D eigenvalue weighted by molar-refractivity contribution is 7.86. The molecule has 0 atom stereocenters. The van der Waals surface area contributed by atoms with E-state index in [9.17, 15) is 17.6 Å². The van der Waals surface area contributed by atoms with Crippen molar-refractivity contribution in [1.82, 2.24) is 18.5 Å². The highest BCUT2D eigenvalue weighted by Gasteiger charge is 2.28. The number of pyridine rings is 1. The minimum atomic E-state index is -3.44. The van der Waals surface area contributed by atoms with E-state index >= 15 is 0 Å². The van der Waals surface area contributed by atoms with Crippen LogP contribution in [0.2, 0.25) is 0 Å². The zero-order valence-corrected chi connectivity index (χ0v) is 17.7. The van der Waals surface area contributed by atoms with Crippen molar-refractivity contribution in [1.29, 1.82) is 0 Å². The number of rotatable bonds is 6. The number of carbonyl (C=O) groups excluding carboxylic acids is 1. The molecule has 1 aliphatic rings. The number of aromatic nitrogens is 1. The first-order valence-corrected chi connectivity index (χ1v) is 10.8. The smallest absolute Gasteiger partial charge is 0.306 e. The lowest BCUT2D eigenvalue weighted by Crippen LogP contribution is -2.51. The number of carbonyl (C=O) groups is 1. The monoisotopic (exact) mass is 436 g/mol. The highest BCUT2D eigenvalue weighted by Crippen LogP contribution is 2.21. The first kappa shape index (κ1) is 22.1. The second-order valence-electron chi connectivity index (χ2n) is 7.06. The summed E-state index contributed by atoms with van der Waals surface area (Å²) in [5.41, 5.74) is 0.998. The normalized spacial score (nSPS) is 15.9. The predicted octanol–water partition coefficient (Wildman–Crippen LogP) is 1.79. The Kier molecular flexibility index (Phi) is 6.98. The van der Waals surface area contributed by atoms with Gasteiger partial charge < -0.3 is 10.6 Å². The molecule has 1 aliphatic heterocycles. The molecule has 1 aromatic carbocycles. The number of amides is 2. The van der Waals surface area contributed by atoms with E-state index in [0.717, 1.165) is 0 Å². The fourth-order valence-corrected chi connectivity index (χ4v) is 4.20. The van der Waals surface area contributed by atoms with Gasteiger partial charge in [-0.3, -0.25) is 9.88 Å². The molecule has 162 valence electrons. The predicted molar refractivity (Wildman–Crippen MR) is 113 cm³/mol. The summed E-state index contributed by atoms with van der Waals surface area (Å²) in [5.74, 6) is -0.512. The summed E-state index contributed by atoms with van der Waals surface area (Å²) in [4.78, 5) is 18.0. The van der Waals surface area contributed by atoms with Gasteiger partial charge in [0.2, 0.25) is 0 Å². The lowest BCUT2D eigenvalue weighted by atomic mass is 10.1. The van der Waals surface area contributed by atoms with Gasteiger partial charge in [-0.15, -0.1) is 0 Å². The molecule has 3 rings (SSSR count). The van der Waals surface area contributed by atoms with Crippen molar-refractivity contribution in [2.24, 2.45) is 0 Å². The maximum Gasteiger partial charge on any atom is 0.323 e. The van der Waals surface area contributed by atoms with Gasteiger partial charge in [0.25, 0.3) is 10.2 Å². The Morgan fingerprint density at radius 2 is 1.87 bits per heavy atom. The number of anilines is 2. The molecule has 9 nitrogen and oxygen atoms in total. The molecule has 2 N–H and O–H groups in total. The molecule has 2 amide bonds. The molecule has 30 heavy (non-hydrogen) atoms. The first-order valence-electron chi connectivity index (χ1n) is 9.43. The number of piperazine rings is 1. The van der Waals surface area contributed by atoms with E-state index in [0.29, 0.717) is 44.0 Å². The van der Waals surface area contributed by atoms with Crippen LogP contribution in [0.5, 0.6) is 0 Å².